The van der Waals surface area contributed by atoms with E-state index in [2.05, 4.69) is 20.2 Å². The van der Waals surface area contributed by atoms with Crippen molar-refractivity contribution in [2.75, 3.05) is 45.2 Å². The Balaban J connectivity index is 1.85. The number of hydrogen-bond acceptors (Lipinski definition) is 5. The van der Waals surface area contributed by atoms with Crippen molar-refractivity contribution >= 4 is 5.82 Å². The Labute approximate surface area is 125 Å². The molecule has 1 saturated heterocycles. The molecule has 1 atom stereocenters. The largest absolute Gasteiger partial charge is 0.383 e. The molecule has 1 aliphatic heterocycles. The van der Waals surface area contributed by atoms with Crippen molar-refractivity contribution in [3.05, 3.63) is 17.8 Å². The smallest absolute Gasteiger partial charge is 0.186 e. The Kier molecular flexibility index (Phi) is 6.32. The highest BCUT2D eigenvalue weighted by Crippen LogP contribution is 2.18. The zero-order valence-electron chi connectivity index (χ0n) is 12.9. The van der Waals surface area contributed by atoms with E-state index in [-0.39, 0.29) is 5.82 Å². The van der Waals surface area contributed by atoms with Gasteiger partial charge in [-0.3, -0.25) is 0 Å². The van der Waals surface area contributed by atoms with E-state index in [1.807, 2.05) is 6.92 Å². The van der Waals surface area contributed by atoms with Gasteiger partial charge in [-0.1, -0.05) is 6.92 Å². The van der Waals surface area contributed by atoms with Gasteiger partial charge in [-0.15, -0.1) is 0 Å². The highest BCUT2D eigenvalue weighted by Gasteiger charge is 2.20. The maximum absolute atomic E-state index is 14.1. The van der Waals surface area contributed by atoms with Crippen LogP contribution in [-0.4, -0.2) is 54.8 Å². The lowest BCUT2D eigenvalue weighted by Crippen LogP contribution is -2.39. The maximum Gasteiger partial charge on any atom is 0.186 e. The summed E-state index contributed by atoms with van der Waals surface area (Å²) in [6, 6.07) is 0. The number of aryl methyl sites for hydroxylation is 1. The molecular weight excluding hydrogens is 271 g/mol. The first kappa shape index (κ1) is 16.1. The number of likely N-dealkylation sites (tertiary alicyclic amines) is 1. The van der Waals surface area contributed by atoms with Crippen molar-refractivity contribution in [1.29, 1.82) is 0 Å². The number of halogens is 1. The van der Waals surface area contributed by atoms with Crippen LogP contribution in [0.2, 0.25) is 0 Å². The minimum Gasteiger partial charge on any atom is -0.383 e. The Morgan fingerprint density at radius 1 is 1.48 bits per heavy atom. The third kappa shape index (κ3) is 4.61. The molecule has 0 spiro atoms. The number of methoxy groups -OCH3 is 1. The zero-order chi connectivity index (χ0) is 15.1. The second-order valence-corrected chi connectivity index (χ2v) is 5.52. The number of nitrogens with one attached hydrogen (secondary N) is 1. The highest BCUT2D eigenvalue weighted by atomic mass is 19.1. The maximum atomic E-state index is 14.1. The molecule has 6 heteroatoms. The van der Waals surface area contributed by atoms with Crippen LogP contribution in [0, 0.1) is 11.7 Å². The number of anilines is 1. The third-order valence-corrected chi connectivity index (χ3v) is 3.97. The fraction of sp³-hybridized carbons (Fsp3) is 0.733. The molecule has 5 nitrogen and oxygen atoms in total. The number of ether oxygens (including phenoxy) is 1. The first-order chi connectivity index (χ1) is 10.2. The molecule has 0 radical (unpaired) electrons. The van der Waals surface area contributed by atoms with Gasteiger partial charge in [-0.05, 0) is 31.7 Å². The van der Waals surface area contributed by atoms with Gasteiger partial charge >= 0.3 is 0 Å². The Bertz CT molecular complexity index is 444. The summed E-state index contributed by atoms with van der Waals surface area (Å²) in [6.07, 6.45) is 4.36. The molecule has 0 aliphatic carbocycles. The zero-order valence-corrected chi connectivity index (χ0v) is 12.9. The molecule has 1 aromatic heterocycles. The highest BCUT2D eigenvalue weighted by molar-refractivity contribution is 5.37. The Hall–Kier alpha value is -1.27. The van der Waals surface area contributed by atoms with Gasteiger partial charge in [0.05, 0.1) is 12.3 Å². The van der Waals surface area contributed by atoms with Gasteiger partial charge in [0.1, 0.15) is 6.33 Å². The second-order valence-electron chi connectivity index (χ2n) is 5.52. The van der Waals surface area contributed by atoms with E-state index >= 15 is 0 Å². The molecule has 1 unspecified atom stereocenters. The molecule has 1 aromatic rings. The monoisotopic (exact) mass is 296 g/mol. The van der Waals surface area contributed by atoms with E-state index < -0.39 is 0 Å². The van der Waals surface area contributed by atoms with Crippen molar-refractivity contribution in [3.63, 3.8) is 0 Å². The molecule has 21 heavy (non-hydrogen) atoms. The fourth-order valence-corrected chi connectivity index (χ4v) is 2.76. The van der Waals surface area contributed by atoms with Gasteiger partial charge in [0.15, 0.2) is 11.6 Å². The first-order valence-corrected chi connectivity index (χ1v) is 7.69. The van der Waals surface area contributed by atoms with Crippen LogP contribution >= 0.6 is 0 Å². The fourth-order valence-electron chi connectivity index (χ4n) is 2.76. The standard InChI is InChI=1S/C15H25FN4O/c1-3-13-14(16)15(19-11-18-13)17-9-12-5-4-6-20(10-12)7-8-21-2/h11-12H,3-10H2,1-2H3,(H,17,18,19). The van der Waals surface area contributed by atoms with Crippen molar-refractivity contribution < 1.29 is 9.13 Å². The summed E-state index contributed by atoms with van der Waals surface area (Å²) in [6.45, 7) is 6.53. The van der Waals surface area contributed by atoms with Crippen LogP contribution in [0.3, 0.4) is 0 Å². The summed E-state index contributed by atoms with van der Waals surface area (Å²) < 4.78 is 19.2. The summed E-state index contributed by atoms with van der Waals surface area (Å²) >= 11 is 0. The van der Waals surface area contributed by atoms with Crippen LogP contribution in [0.25, 0.3) is 0 Å². The predicted molar refractivity (Wildman–Crippen MR) is 80.9 cm³/mol. The van der Waals surface area contributed by atoms with E-state index in [0.29, 0.717) is 23.9 Å². The van der Waals surface area contributed by atoms with Gasteiger partial charge < -0.3 is 15.0 Å². The van der Waals surface area contributed by atoms with Crippen LogP contribution in [0.1, 0.15) is 25.5 Å². The molecule has 118 valence electrons. The molecule has 1 fully saturated rings. The first-order valence-electron chi connectivity index (χ1n) is 7.69. The lowest BCUT2D eigenvalue weighted by atomic mass is 9.98. The van der Waals surface area contributed by atoms with E-state index in [1.54, 1.807) is 7.11 Å². The van der Waals surface area contributed by atoms with E-state index in [1.165, 1.54) is 19.2 Å². The number of rotatable bonds is 7. The van der Waals surface area contributed by atoms with E-state index in [0.717, 1.165) is 32.8 Å². The molecule has 1 N–H and O–H groups in total. The predicted octanol–water partition coefficient (Wildman–Crippen LogP) is 1.95. The van der Waals surface area contributed by atoms with Gasteiger partial charge in [0.2, 0.25) is 0 Å². The van der Waals surface area contributed by atoms with Gasteiger partial charge in [0.25, 0.3) is 0 Å². The molecule has 2 rings (SSSR count). The molecule has 0 saturated carbocycles. The van der Waals surface area contributed by atoms with E-state index in [4.69, 9.17) is 4.74 Å². The number of aromatic nitrogens is 2. The van der Waals surface area contributed by atoms with Crippen LogP contribution in [0.15, 0.2) is 6.33 Å². The molecule has 0 bridgehead atoms. The summed E-state index contributed by atoms with van der Waals surface area (Å²) in [5, 5.41) is 3.15. The number of hydrogen-bond donors (Lipinski definition) is 1. The summed E-state index contributed by atoms with van der Waals surface area (Å²) in [5.74, 6) is 0.540. The quantitative estimate of drug-likeness (QED) is 0.833. The Morgan fingerprint density at radius 2 is 2.33 bits per heavy atom. The summed E-state index contributed by atoms with van der Waals surface area (Å²) in [7, 11) is 1.73. The molecule has 1 aliphatic rings. The van der Waals surface area contributed by atoms with Crippen LogP contribution in [0.4, 0.5) is 10.2 Å². The lowest BCUT2D eigenvalue weighted by molar-refractivity contribution is 0.117. The molecule has 2 heterocycles. The third-order valence-electron chi connectivity index (χ3n) is 3.97. The number of nitrogens with zero attached hydrogens (tertiary/aromatic N) is 3. The summed E-state index contributed by atoms with van der Waals surface area (Å²) in [4.78, 5) is 10.4. The van der Waals surface area contributed by atoms with Crippen LogP contribution < -0.4 is 5.32 Å². The van der Waals surface area contributed by atoms with Gasteiger partial charge in [-0.25, -0.2) is 14.4 Å². The van der Waals surface area contributed by atoms with Crippen LogP contribution in [0.5, 0.6) is 0 Å². The minimum atomic E-state index is -0.313. The molecular formula is C15H25FN4O. The normalized spacial score (nSPS) is 19.7. The van der Waals surface area contributed by atoms with Crippen molar-refractivity contribution in [1.82, 2.24) is 14.9 Å². The van der Waals surface area contributed by atoms with Gasteiger partial charge in [-0.2, -0.15) is 0 Å². The van der Waals surface area contributed by atoms with Crippen molar-refractivity contribution in [3.8, 4) is 0 Å². The van der Waals surface area contributed by atoms with E-state index in [9.17, 15) is 4.39 Å². The minimum absolute atomic E-state index is 0.313. The average molecular weight is 296 g/mol. The lowest BCUT2D eigenvalue weighted by Gasteiger charge is -2.32. The SMILES string of the molecule is CCc1ncnc(NCC2CCCN(CCOC)C2)c1F. The van der Waals surface area contributed by atoms with Crippen molar-refractivity contribution in [2.45, 2.75) is 26.2 Å². The molecule has 0 amide bonds. The topological polar surface area (TPSA) is 50.3 Å². The van der Waals surface area contributed by atoms with Crippen molar-refractivity contribution in [2.24, 2.45) is 5.92 Å². The Morgan fingerprint density at radius 3 is 3.10 bits per heavy atom. The van der Waals surface area contributed by atoms with Gasteiger partial charge in [0, 0.05) is 26.7 Å². The summed E-state index contributed by atoms with van der Waals surface area (Å²) in [5.41, 5.74) is 0.470. The molecule has 0 aromatic carbocycles. The van der Waals surface area contributed by atoms with Crippen LogP contribution in [-0.2, 0) is 11.2 Å². The number of piperidine rings is 1. The second kappa shape index (κ2) is 8.24. The average Bonchev–Trinajstić information content (AvgIpc) is 2.52.